The van der Waals surface area contributed by atoms with E-state index < -0.39 is 33.7 Å². The number of carbonyl (C=O) groups excluding carboxylic acids is 4. The summed E-state index contributed by atoms with van der Waals surface area (Å²) < 4.78 is 14.9. The Hall–Kier alpha value is -1.74. The second kappa shape index (κ2) is 8.73. The van der Waals surface area contributed by atoms with Crippen LogP contribution < -0.4 is 5.32 Å². The average molecular weight is 460 g/mol. The van der Waals surface area contributed by atoms with E-state index in [0.29, 0.717) is 0 Å². The fraction of sp³-hybridized carbons (Fsp3) is 0.684. The summed E-state index contributed by atoms with van der Waals surface area (Å²) in [6.45, 7) is 6.72. The molecule has 0 saturated carbocycles. The molecule has 1 fully saturated rings. The minimum absolute atomic E-state index is 0.00522. The van der Waals surface area contributed by atoms with E-state index in [0.717, 1.165) is 6.29 Å². The van der Waals surface area contributed by atoms with Gasteiger partial charge in [-0.1, -0.05) is 35.0 Å². The lowest BCUT2D eigenvalue weighted by molar-refractivity contribution is -0.155. The summed E-state index contributed by atoms with van der Waals surface area (Å²) >= 11 is 3.18. The van der Waals surface area contributed by atoms with E-state index in [9.17, 15) is 19.2 Å². The van der Waals surface area contributed by atoms with Gasteiger partial charge >= 0.3 is 11.9 Å². The number of hydrogen-bond acceptors (Lipinski definition) is 7. The van der Waals surface area contributed by atoms with Crippen molar-refractivity contribution in [1.29, 1.82) is 0 Å². The van der Waals surface area contributed by atoms with Gasteiger partial charge in [0.2, 0.25) is 5.91 Å². The zero-order valence-electron chi connectivity index (χ0n) is 16.4. The molecule has 1 amide bonds. The number of rotatable bonds is 10. The van der Waals surface area contributed by atoms with Gasteiger partial charge in [-0.05, 0) is 20.8 Å². The van der Waals surface area contributed by atoms with Gasteiger partial charge in [-0.3, -0.25) is 14.4 Å². The number of ether oxygens (including phenoxy) is 3. The van der Waals surface area contributed by atoms with Crippen LogP contribution in [0.2, 0.25) is 0 Å². The SMILES string of the molecule is CC(COC(=O)C(C)(C)Br)C(=O)OCCNC(=O)C1C=CC12OC2C(C)C=O. The molecule has 2 rings (SSSR count). The van der Waals surface area contributed by atoms with Crippen LogP contribution in [0.25, 0.3) is 0 Å². The van der Waals surface area contributed by atoms with Crippen molar-refractivity contribution in [2.45, 2.75) is 43.7 Å². The van der Waals surface area contributed by atoms with Gasteiger partial charge in [0.1, 0.15) is 35.5 Å². The Bertz CT molecular complexity index is 672. The summed E-state index contributed by atoms with van der Waals surface area (Å²) in [4.78, 5) is 46.7. The highest BCUT2D eigenvalue weighted by Crippen LogP contribution is 2.53. The molecule has 1 saturated heterocycles. The topological polar surface area (TPSA) is 111 Å². The third-order valence-corrected chi connectivity index (χ3v) is 5.05. The molecule has 1 spiro atoms. The molecular weight excluding hydrogens is 434 g/mol. The van der Waals surface area contributed by atoms with Crippen LogP contribution >= 0.6 is 15.9 Å². The Balaban J connectivity index is 1.64. The molecule has 5 unspecified atom stereocenters. The molecule has 0 aromatic carbocycles. The fourth-order valence-electron chi connectivity index (χ4n) is 2.85. The van der Waals surface area contributed by atoms with Crippen LogP contribution in [0.3, 0.4) is 0 Å². The lowest BCUT2D eigenvalue weighted by Gasteiger charge is -2.26. The normalized spacial score (nSPS) is 27.3. The molecule has 1 aliphatic carbocycles. The molecule has 5 atom stereocenters. The van der Waals surface area contributed by atoms with Gasteiger partial charge in [-0.25, -0.2) is 0 Å². The highest BCUT2D eigenvalue weighted by Gasteiger charge is 2.66. The van der Waals surface area contributed by atoms with Gasteiger partial charge in [-0.2, -0.15) is 0 Å². The van der Waals surface area contributed by atoms with Crippen LogP contribution in [0.15, 0.2) is 12.2 Å². The van der Waals surface area contributed by atoms with Crippen LogP contribution in [0.5, 0.6) is 0 Å². The molecule has 9 heteroatoms. The van der Waals surface area contributed by atoms with Crippen molar-refractivity contribution in [3.8, 4) is 0 Å². The molecule has 1 aliphatic heterocycles. The van der Waals surface area contributed by atoms with Gasteiger partial charge < -0.3 is 24.3 Å². The van der Waals surface area contributed by atoms with E-state index >= 15 is 0 Å². The summed E-state index contributed by atoms with van der Waals surface area (Å²) in [5.74, 6) is -2.54. The molecule has 1 heterocycles. The summed E-state index contributed by atoms with van der Waals surface area (Å²) in [6.07, 6.45) is 4.09. The van der Waals surface area contributed by atoms with Crippen LogP contribution in [-0.4, -0.2) is 59.9 Å². The number of aldehydes is 1. The minimum atomic E-state index is -0.817. The van der Waals surface area contributed by atoms with Crippen molar-refractivity contribution in [2.75, 3.05) is 19.8 Å². The first-order valence-electron chi connectivity index (χ1n) is 9.16. The second-order valence-electron chi connectivity index (χ2n) is 7.65. The van der Waals surface area contributed by atoms with Gasteiger partial charge in [0.05, 0.1) is 18.4 Å². The third-order valence-electron chi connectivity index (χ3n) is 4.73. The average Bonchev–Trinajstić information content (AvgIpc) is 3.38. The number of hydrogen-bond donors (Lipinski definition) is 1. The summed E-state index contributed by atoms with van der Waals surface area (Å²) in [6, 6.07) is 0. The van der Waals surface area contributed by atoms with E-state index in [1.807, 2.05) is 0 Å². The predicted octanol–water partition coefficient (Wildman–Crippen LogP) is 1.16. The number of halogens is 1. The monoisotopic (exact) mass is 459 g/mol. The first-order valence-corrected chi connectivity index (χ1v) is 9.95. The van der Waals surface area contributed by atoms with Crippen molar-refractivity contribution >= 4 is 40.1 Å². The number of nitrogens with one attached hydrogen (secondary N) is 1. The van der Waals surface area contributed by atoms with Crippen molar-refractivity contribution in [1.82, 2.24) is 5.32 Å². The minimum Gasteiger partial charge on any atom is -0.464 e. The number of amides is 1. The Kier molecular flexibility index (Phi) is 7.03. The van der Waals surface area contributed by atoms with E-state index in [4.69, 9.17) is 14.2 Å². The molecule has 0 aromatic heterocycles. The van der Waals surface area contributed by atoms with Gasteiger partial charge in [0.15, 0.2) is 0 Å². The third kappa shape index (κ3) is 5.00. The molecule has 0 radical (unpaired) electrons. The molecular formula is C19H26BrNO7. The highest BCUT2D eigenvalue weighted by atomic mass is 79.9. The van der Waals surface area contributed by atoms with Crippen molar-refractivity contribution < 1.29 is 33.4 Å². The first kappa shape index (κ1) is 22.5. The lowest BCUT2D eigenvalue weighted by atomic mass is 9.76. The number of esters is 2. The van der Waals surface area contributed by atoms with Crippen molar-refractivity contribution in [3.63, 3.8) is 0 Å². The highest BCUT2D eigenvalue weighted by molar-refractivity contribution is 9.10. The Morgan fingerprint density at radius 2 is 2.00 bits per heavy atom. The predicted molar refractivity (Wildman–Crippen MR) is 103 cm³/mol. The molecule has 28 heavy (non-hydrogen) atoms. The quantitative estimate of drug-likeness (QED) is 0.130. The summed E-state index contributed by atoms with van der Waals surface area (Å²) in [7, 11) is 0. The van der Waals surface area contributed by atoms with Gasteiger partial charge in [-0.15, -0.1) is 0 Å². The van der Waals surface area contributed by atoms with E-state index in [2.05, 4.69) is 21.2 Å². The molecule has 8 nitrogen and oxygen atoms in total. The number of carbonyl (C=O) groups is 4. The maximum atomic E-state index is 12.3. The Labute approximate surface area is 172 Å². The first-order chi connectivity index (χ1) is 13.0. The second-order valence-corrected chi connectivity index (χ2v) is 9.64. The molecule has 156 valence electrons. The maximum absolute atomic E-state index is 12.3. The zero-order valence-corrected chi connectivity index (χ0v) is 18.0. The molecule has 1 N–H and O–H groups in total. The van der Waals surface area contributed by atoms with Crippen molar-refractivity contribution in [3.05, 3.63) is 12.2 Å². The van der Waals surface area contributed by atoms with E-state index in [-0.39, 0.29) is 37.7 Å². The fourth-order valence-corrected chi connectivity index (χ4v) is 2.97. The van der Waals surface area contributed by atoms with Crippen LogP contribution in [-0.2, 0) is 33.4 Å². The van der Waals surface area contributed by atoms with Crippen LogP contribution in [0.4, 0.5) is 0 Å². The smallest absolute Gasteiger partial charge is 0.322 e. The Morgan fingerprint density at radius 1 is 1.32 bits per heavy atom. The van der Waals surface area contributed by atoms with Crippen molar-refractivity contribution in [2.24, 2.45) is 17.8 Å². The molecule has 0 bridgehead atoms. The maximum Gasteiger partial charge on any atom is 0.322 e. The zero-order chi connectivity index (χ0) is 21.1. The van der Waals surface area contributed by atoms with Gasteiger partial charge in [0.25, 0.3) is 0 Å². The molecule has 0 aromatic rings. The van der Waals surface area contributed by atoms with E-state index in [1.54, 1.807) is 39.8 Å². The number of alkyl halides is 1. The van der Waals surface area contributed by atoms with Gasteiger partial charge in [0, 0.05) is 5.92 Å². The van der Waals surface area contributed by atoms with Crippen LogP contribution in [0, 0.1) is 17.8 Å². The van der Waals surface area contributed by atoms with E-state index in [1.165, 1.54) is 0 Å². The summed E-state index contributed by atoms with van der Waals surface area (Å²) in [5, 5.41) is 2.69. The molecule has 2 aliphatic rings. The standard InChI is InChI=1S/C19H26BrNO7/c1-11(9-22)14-19(28-14)6-5-13(19)15(23)21-7-8-26-16(24)12(2)10-27-17(25)18(3,4)20/h5-6,9,11-14H,7-8,10H2,1-4H3,(H,21,23). The number of epoxide rings is 1. The van der Waals surface area contributed by atoms with Crippen LogP contribution in [0.1, 0.15) is 27.7 Å². The lowest BCUT2D eigenvalue weighted by Crippen LogP contribution is -2.45. The summed E-state index contributed by atoms with van der Waals surface area (Å²) in [5.41, 5.74) is -0.664. The Morgan fingerprint density at radius 3 is 2.54 bits per heavy atom. The largest absolute Gasteiger partial charge is 0.464 e.